The number of aryl methyl sites for hydroxylation is 1. The van der Waals surface area contributed by atoms with Crippen molar-refractivity contribution < 1.29 is 14.6 Å². The smallest absolute Gasteiger partial charge is 0.178 e. The highest BCUT2D eigenvalue weighted by Gasteiger charge is 2.25. The van der Waals surface area contributed by atoms with E-state index < -0.39 is 0 Å². The van der Waals surface area contributed by atoms with Gasteiger partial charge < -0.3 is 14.4 Å². The molecule has 1 aliphatic rings. The van der Waals surface area contributed by atoms with Gasteiger partial charge in [0.2, 0.25) is 0 Å². The van der Waals surface area contributed by atoms with Gasteiger partial charge in [0.1, 0.15) is 0 Å². The number of methoxy groups -OCH3 is 1. The predicted octanol–water partition coefficient (Wildman–Crippen LogP) is 2.03. The maximum atomic E-state index is 12.7. The number of carbonyl (C=O) groups excluding carboxylic acids is 1. The van der Waals surface area contributed by atoms with Crippen molar-refractivity contribution in [2.75, 3.05) is 33.4 Å². The Hall–Kier alpha value is -1.17. The van der Waals surface area contributed by atoms with E-state index in [0.29, 0.717) is 19.1 Å². The number of ether oxygens (including phenoxy) is 1. The van der Waals surface area contributed by atoms with Gasteiger partial charge in [0, 0.05) is 30.6 Å². The Bertz CT molecular complexity index is 529. The standard InChI is InChI=1S/C18H30N2O3/c1-13-11-17(14(2)20(13)9-10-23-4)18(22)12-19-7-5-16(6-8-19)15(3)21/h11,15-16,21H,5-10,12H2,1-4H3. The molecule has 0 amide bonds. The van der Waals surface area contributed by atoms with Crippen molar-refractivity contribution in [1.29, 1.82) is 0 Å². The molecule has 0 aromatic carbocycles. The van der Waals surface area contributed by atoms with Gasteiger partial charge in [-0.05, 0) is 58.7 Å². The summed E-state index contributed by atoms with van der Waals surface area (Å²) in [5, 5.41) is 9.67. The van der Waals surface area contributed by atoms with Crippen LogP contribution in [0.5, 0.6) is 0 Å². The fourth-order valence-electron chi connectivity index (χ4n) is 3.49. The van der Waals surface area contributed by atoms with Gasteiger partial charge in [-0.25, -0.2) is 0 Å². The molecule has 2 rings (SSSR count). The normalized spacial score (nSPS) is 18.3. The zero-order valence-corrected chi connectivity index (χ0v) is 14.8. The molecule has 1 unspecified atom stereocenters. The van der Waals surface area contributed by atoms with Crippen LogP contribution in [0.1, 0.15) is 41.5 Å². The maximum Gasteiger partial charge on any atom is 0.178 e. The van der Waals surface area contributed by atoms with E-state index in [9.17, 15) is 9.90 Å². The predicted molar refractivity (Wildman–Crippen MR) is 91.0 cm³/mol. The SMILES string of the molecule is COCCn1c(C)cc(C(=O)CN2CCC(C(C)O)CC2)c1C. The summed E-state index contributed by atoms with van der Waals surface area (Å²) in [6.45, 7) is 9.59. The molecular formula is C18H30N2O3. The Labute approximate surface area is 139 Å². The van der Waals surface area contributed by atoms with Crippen molar-refractivity contribution in [2.24, 2.45) is 5.92 Å². The van der Waals surface area contributed by atoms with Crippen LogP contribution in [0.3, 0.4) is 0 Å². The minimum Gasteiger partial charge on any atom is -0.393 e. The molecule has 1 aromatic rings. The third-order valence-corrected chi connectivity index (χ3v) is 5.07. The summed E-state index contributed by atoms with van der Waals surface area (Å²) in [7, 11) is 1.69. The number of aliphatic hydroxyl groups is 1. The minimum atomic E-state index is -0.243. The Morgan fingerprint density at radius 1 is 1.39 bits per heavy atom. The number of nitrogens with zero attached hydrogens (tertiary/aromatic N) is 2. The van der Waals surface area contributed by atoms with Crippen molar-refractivity contribution in [3.05, 3.63) is 23.0 Å². The lowest BCUT2D eigenvalue weighted by atomic mass is 9.92. The number of likely N-dealkylation sites (tertiary alicyclic amines) is 1. The Balaban J connectivity index is 1.96. The van der Waals surface area contributed by atoms with Gasteiger partial charge >= 0.3 is 0 Å². The summed E-state index contributed by atoms with van der Waals surface area (Å²) < 4.78 is 7.29. The molecule has 0 spiro atoms. The summed E-state index contributed by atoms with van der Waals surface area (Å²) in [5.41, 5.74) is 2.97. The zero-order chi connectivity index (χ0) is 17.0. The molecule has 5 nitrogen and oxygen atoms in total. The summed E-state index contributed by atoms with van der Waals surface area (Å²) in [6, 6.07) is 2.00. The molecule has 130 valence electrons. The van der Waals surface area contributed by atoms with E-state index in [4.69, 9.17) is 4.74 Å². The van der Waals surface area contributed by atoms with E-state index in [0.717, 1.165) is 49.4 Å². The van der Waals surface area contributed by atoms with Gasteiger partial charge in [-0.3, -0.25) is 9.69 Å². The molecule has 2 heterocycles. The minimum absolute atomic E-state index is 0.192. The number of aliphatic hydroxyl groups excluding tert-OH is 1. The molecule has 1 aromatic heterocycles. The third kappa shape index (κ3) is 4.43. The second kappa shape index (κ2) is 8.08. The van der Waals surface area contributed by atoms with Gasteiger partial charge in [0.25, 0.3) is 0 Å². The van der Waals surface area contributed by atoms with Crippen LogP contribution in [-0.4, -0.2) is 59.8 Å². The van der Waals surface area contributed by atoms with Crippen molar-refractivity contribution in [2.45, 2.75) is 46.3 Å². The Kier molecular flexibility index (Phi) is 6.39. The van der Waals surface area contributed by atoms with Gasteiger partial charge in [-0.2, -0.15) is 0 Å². The molecule has 1 atom stereocenters. The number of rotatable bonds is 7. The van der Waals surface area contributed by atoms with E-state index >= 15 is 0 Å². The van der Waals surface area contributed by atoms with Gasteiger partial charge in [-0.15, -0.1) is 0 Å². The summed E-state index contributed by atoms with van der Waals surface area (Å²) in [4.78, 5) is 14.9. The van der Waals surface area contributed by atoms with E-state index in [2.05, 4.69) is 9.47 Å². The fourth-order valence-corrected chi connectivity index (χ4v) is 3.49. The molecule has 0 aliphatic carbocycles. The highest BCUT2D eigenvalue weighted by Crippen LogP contribution is 2.22. The number of hydrogen-bond donors (Lipinski definition) is 1. The second-order valence-electron chi connectivity index (χ2n) is 6.71. The summed E-state index contributed by atoms with van der Waals surface area (Å²) >= 11 is 0. The van der Waals surface area contributed by atoms with Gasteiger partial charge in [0.05, 0.1) is 19.3 Å². The van der Waals surface area contributed by atoms with Crippen LogP contribution in [0.15, 0.2) is 6.07 Å². The quantitative estimate of drug-likeness (QED) is 0.781. The topological polar surface area (TPSA) is 54.7 Å². The lowest BCUT2D eigenvalue weighted by Gasteiger charge is -2.32. The zero-order valence-electron chi connectivity index (χ0n) is 14.8. The highest BCUT2D eigenvalue weighted by molar-refractivity contribution is 5.99. The van der Waals surface area contributed by atoms with E-state index in [-0.39, 0.29) is 11.9 Å². The molecule has 1 aliphatic heterocycles. The van der Waals surface area contributed by atoms with Crippen molar-refractivity contribution in [3.8, 4) is 0 Å². The molecule has 0 radical (unpaired) electrons. The summed E-state index contributed by atoms with van der Waals surface area (Å²) in [5.74, 6) is 0.567. The maximum absolute atomic E-state index is 12.7. The van der Waals surface area contributed by atoms with Gasteiger partial charge in [0.15, 0.2) is 5.78 Å². The van der Waals surface area contributed by atoms with Crippen molar-refractivity contribution in [3.63, 3.8) is 0 Å². The van der Waals surface area contributed by atoms with Crippen LogP contribution in [0.4, 0.5) is 0 Å². The van der Waals surface area contributed by atoms with Crippen molar-refractivity contribution in [1.82, 2.24) is 9.47 Å². The van der Waals surface area contributed by atoms with Crippen LogP contribution in [0.25, 0.3) is 0 Å². The van der Waals surface area contributed by atoms with E-state index in [1.807, 2.05) is 26.8 Å². The lowest BCUT2D eigenvalue weighted by molar-refractivity contribution is 0.0664. The highest BCUT2D eigenvalue weighted by atomic mass is 16.5. The average molecular weight is 322 g/mol. The first-order valence-electron chi connectivity index (χ1n) is 8.53. The number of piperidine rings is 1. The second-order valence-corrected chi connectivity index (χ2v) is 6.71. The molecule has 5 heteroatoms. The van der Waals surface area contributed by atoms with Crippen molar-refractivity contribution >= 4 is 5.78 Å². The first-order valence-corrected chi connectivity index (χ1v) is 8.53. The molecule has 1 fully saturated rings. The molecule has 1 N–H and O–H groups in total. The third-order valence-electron chi connectivity index (χ3n) is 5.07. The van der Waals surface area contributed by atoms with E-state index in [1.54, 1.807) is 7.11 Å². The van der Waals surface area contributed by atoms with Crippen LogP contribution in [0.2, 0.25) is 0 Å². The summed E-state index contributed by atoms with van der Waals surface area (Å²) in [6.07, 6.45) is 1.70. The largest absolute Gasteiger partial charge is 0.393 e. The first-order chi connectivity index (χ1) is 10.9. The number of aromatic nitrogens is 1. The Morgan fingerprint density at radius 2 is 2.04 bits per heavy atom. The van der Waals surface area contributed by atoms with Crippen LogP contribution in [-0.2, 0) is 11.3 Å². The Morgan fingerprint density at radius 3 is 2.61 bits per heavy atom. The molecule has 0 saturated carbocycles. The number of carbonyl (C=O) groups is 1. The monoisotopic (exact) mass is 322 g/mol. The van der Waals surface area contributed by atoms with E-state index in [1.165, 1.54) is 0 Å². The number of ketones is 1. The number of Topliss-reactive ketones (excluding diaryl/α,β-unsaturated/α-hetero) is 1. The lowest BCUT2D eigenvalue weighted by Crippen LogP contribution is -2.39. The average Bonchev–Trinajstić information content (AvgIpc) is 2.80. The molecule has 23 heavy (non-hydrogen) atoms. The molecule has 0 bridgehead atoms. The molecule has 1 saturated heterocycles. The van der Waals surface area contributed by atoms with Crippen LogP contribution < -0.4 is 0 Å². The molecular weight excluding hydrogens is 292 g/mol. The fraction of sp³-hybridized carbons (Fsp3) is 0.722. The van der Waals surface area contributed by atoms with Crippen LogP contribution in [0, 0.1) is 19.8 Å². The van der Waals surface area contributed by atoms with Gasteiger partial charge in [-0.1, -0.05) is 0 Å². The number of hydrogen-bond acceptors (Lipinski definition) is 4. The van der Waals surface area contributed by atoms with Crippen LogP contribution >= 0.6 is 0 Å². The first kappa shape index (κ1) is 18.2.